The Morgan fingerprint density at radius 1 is 1.20 bits per heavy atom. The molecule has 1 aliphatic carbocycles. The summed E-state index contributed by atoms with van der Waals surface area (Å²) in [6, 6.07) is 0. The van der Waals surface area contributed by atoms with Crippen LogP contribution < -0.4 is 0 Å². The molecule has 0 fully saturated rings. The van der Waals surface area contributed by atoms with Crippen molar-refractivity contribution in [2.75, 3.05) is 0 Å². The average Bonchev–Trinajstić information content (AvgIpc) is 2.76. The summed E-state index contributed by atoms with van der Waals surface area (Å²) in [4.78, 5) is 0. The molecule has 1 aliphatic rings. The summed E-state index contributed by atoms with van der Waals surface area (Å²) in [6.45, 7) is 18.6. The van der Waals surface area contributed by atoms with Gasteiger partial charge < -0.3 is 0 Å². The van der Waals surface area contributed by atoms with Gasteiger partial charge in [-0.05, 0) is 35.3 Å². The second-order valence-electron chi connectivity index (χ2n) is 4.92. The summed E-state index contributed by atoms with van der Waals surface area (Å²) in [5.74, 6) is 2.18. The maximum Gasteiger partial charge on any atom is -0.0105 e. The molecule has 118 valence electrons. The zero-order valence-corrected chi connectivity index (χ0v) is 12.9. The Balaban J connectivity index is -0.000000689. The Hall–Kier alpha value is -1.04. The maximum atomic E-state index is 3.95. The molecule has 0 saturated heterocycles. The van der Waals surface area contributed by atoms with Crippen molar-refractivity contribution in [1.82, 2.24) is 0 Å². The average molecular weight is 279 g/mol. The van der Waals surface area contributed by atoms with Crippen molar-refractivity contribution in [2.24, 2.45) is 17.8 Å². The highest BCUT2D eigenvalue weighted by molar-refractivity contribution is 5.40. The molecule has 2 unspecified atom stereocenters. The van der Waals surface area contributed by atoms with Gasteiger partial charge in [-0.15, -0.1) is 0 Å². The third-order valence-corrected chi connectivity index (χ3v) is 3.62. The quantitative estimate of drug-likeness (QED) is 0.466. The molecular formula is C20H38. The molecule has 0 heterocycles. The highest BCUT2D eigenvalue weighted by Gasteiger charge is 2.32. The predicted octanol–water partition coefficient (Wildman–Crippen LogP) is 7.21. The van der Waals surface area contributed by atoms with Crippen LogP contribution in [0.2, 0.25) is 0 Å². The summed E-state index contributed by atoms with van der Waals surface area (Å²) in [5, 5.41) is 0. The fourth-order valence-electron chi connectivity index (χ4n) is 2.89. The van der Waals surface area contributed by atoms with Crippen LogP contribution in [0.3, 0.4) is 0 Å². The van der Waals surface area contributed by atoms with E-state index < -0.39 is 0 Å². The SMILES string of the molecule is C.C.C=C/C=C\C1=C(C=C)CC(CC)C1C(C)C.CC. The van der Waals surface area contributed by atoms with Crippen molar-refractivity contribution >= 4 is 0 Å². The number of hydrogen-bond donors (Lipinski definition) is 0. The first kappa shape index (κ1) is 24.0. The Kier molecular flexibility index (Phi) is 15.6. The number of hydrogen-bond acceptors (Lipinski definition) is 0. The lowest BCUT2D eigenvalue weighted by molar-refractivity contribution is 0.316. The van der Waals surface area contributed by atoms with E-state index in [9.17, 15) is 0 Å². The largest absolute Gasteiger partial charge is 0.0991 e. The topological polar surface area (TPSA) is 0 Å². The molecule has 0 aromatic heterocycles. The van der Waals surface area contributed by atoms with Gasteiger partial charge in [0, 0.05) is 0 Å². The molecule has 0 N–H and O–H groups in total. The number of rotatable bonds is 5. The second-order valence-corrected chi connectivity index (χ2v) is 4.92. The van der Waals surface area contributed by atoms with Gasteiger partial charge in [0.15, 0.2) is 0 Å². The van der Waals surface area contributed by atoms with E-state index >= 15 is 0 Å². The van der Waals surface area contributed by atoms with Crippen LogP contribution in [0, 0.1) is 17.8 Å². The first-order chi connectivity index (χ1) is 8.65. The highest BCUT2D eigenvalue weighted by Crippen LogP contribution is 2.44. The van der Waals surface area contributed by atoms with Crippen LogP contribution >= 0.6 is 0 Å². The van der Waals surface area contributed by atoms with Gasteiger partial charge in [0.2, 0.25) is 0 Å². The molecule has 0 heteroatoms. The van der Waals surface area contributed by atoms with Crippen molar-refractivity contribution in [3.63, 3.8) is 0 Å². The normalized spacial score (nSPS) is 20.9. The van der Waals surface area contributed by atoms with Gasteiger partial charge in [-0.25, -0.2) is 0 Å². The maximum absolute atomic E-state index is 3.95. The van der Waals surface area contributed by atoms with E-state index in [1.807, 2.05) is 32.1 Å². The lowest BCUT2D eigenvalue weighted by Crippen LogP contribution is -2.16. The first-order valence-electron chi connectivity index (χ1n) is 7.30. The van der Waals surface area contributed by atoms with E-state index in [1.165, 1.54) is 24.0 Å². The fraction of sp³-hybridized carbons (Fsp3) is 0.600. The molecule has 0 aromatic rings. The summed E-state index contributed by atoms with van der Waals surface area (Å²) >= 11 is 0. The van der Waals surface area contributed by atoms with Gasteiger partial charge in [-0.3, -0.25) is 0 Å². The molecule has 0 spiro atoms. The monoisotopic (exact) mass is 278 g/mol. The lowest BCUT2D eigenvalue weighted by atomic mass is 9.80. The zero-order chi connectivity index (χ0) is 14.1. The zero-order valence-electron chi connectivity index (χ0n) is 12.9. The van der Waals surface area contributed by atoms with E-state index in [4.69, 9.17) is 0 Å². The molecule has 0 bridgehead atoms. The van der Waals surface area contributed by atoms with Gasteiger partial charge in [0.25, 0.3) is 0 Å². The highest BCUT2D eigenvalue weighted by atomic mass is 14.4. The summed E-state index contributed by atoms with van der Waals surface area (Å²) in [7, 11) is 0. The smallest absolute Gasteiger partial charge is 0.0105 e. The van der Waals surface area contributed by atoms with E-state index in [-0.39, 0.29) is 14.9 Å². The molecule has 0 aliphatic heterocycles. The van der Waals surface area contributed by atoms with Gasteiger partial charge >= 0.3 is 0 Å². The third kappa shape index (κ3) is 5.94. The van der Waals surface area contributed by atoms with E-state index in [2.05, 4.69) is 40.0 Å². The van der Waals surface area contributed by atoms with Gasteiger partial charge in [-0.2, -0.15) is 0 Å². The molecule has 0 aromatic carbocycles. The minimum Gasteiger partial charge on any atom is -0.0991 e. The van der Waals surface area contributed by atoms with Crippen LogP contribution in [0.15, 0.2) is 48.6 Å². The summed E-state index contributed by atoms with van der Waals surface area (Å²) in [5.41, 5.74) is 2.92. The Labute approximate surface area is 129 Å². The molecule has 0 nitrogen and oxygen atoms in total. The van der Waals surface area contributed by atoms with Gasteiger partial charge in [-0.1, -0.05) is 93.4 Å². The Bertz CT molecular complexity index is 315. The van der Waals surface area contributed by atoms with Crippen LogP contribution in [-0.2, 0) is 0 Å². The molecule has 2 atom stereocenters. The Morgan fingerprint density at radius 2 is 1.75 bits per heavy atom. The molecule has 0 radical (unpaired) electrons. The van der Waals surface area contributed by atoms with E-state index in [0.29, 0.717) is 11.8 Å². The van der Waals surface area contributed by atoms with Crippen molar-refractivity contribution in [3.05, 3.63) is 48.6 Å². The fourth-order valence-corrected chi connectivity index (χ4v) is 2.89. The van der Waals surface area contributed by atoms with E-state index in [1.54, 1.807) is 0 Å². The lowest BCUT2D eigenvalue weighted by Gasteiger charge is -2.24. The molecule has 1 rings (SSSR count). The molecule has 0 amide bonds. The second kappa shape index (κ2) is 13.0. The minimum atomic E-state index is 0. The summed E-state index contributed by atoms with van der Waals surface area (Å²) in [6.07, 6.45) is 10.6. The van der Waals surface area contributed by atoms with Gasteiger partial charge in [0.05, 0.1) is 0 Å². The molecule has 0 saturated carbocycles. The minimum absolute atomic E-state index is 0. The Morgan fingerprint density at radius 3 is 2.10 bits per heavy atom. The van der Waals surface area contributed by atoms with Gasteiger partial charge in [0.1, 0.15) is 0 Å². The van der Waals surface area contributed by atoms with Crippen molar-refractivity contribution < 1.29 is 0 Å². The molecule has 20 heavy (non-hydrogen) atoms. The van der Waals surface area contributed by atoms with Crippen LogP contribution in [0.5, 0.6) is 0 Å². The standard InChI is InChI=1S/C16H24.C2H6.2CH4/c1-6-9-10-15-13(7-2)11-14(8-3)16(15)12(4)5;1-2;;/h6-7,9-10,12,14,16H,1-2,8,11H2,3-5H3;1-2H3;2*1H4/b10-9-;;;. The number of allylic oxidation sites excluding steroid dienone is 6. The first-order valence-corrected chi connectivity index (χ1v) is 7.30. The van der Waals surface area contributed by atoms with E-state index in [0.717, 1.165) is 5.92 Å². The third-order valence-electron chi connectivity index (χ3n) is 3.62. The van der Waals surface area contributed by atoms with Crippen molar-refractivity contribution in [3.8, 4) is 0 Å². The molecular weight excluding hydrogens is 240 g/mol. The van der Waals surface area contributed by atoms with Crippen LogP contribution in [0.4, 0.5) is 0 Å². The van der Waals surface area contributed by atoms with Crippen LogP contribution in [-0.4, -0.2) is 0 Å². The predicted molar refractivity (Wildman–Crippen MR) is 98.1 cm³/mol. The van der Waals surface area contributed by atoms with Crippen molar-refractivity contribution in [1.29, 1.82) is 0 Å². The van der Waals surface area contributed by atoms with Crippen molar-refractivity contribution in [2.45, 2.75) is 62.3 Å². The van der Waals surface area contributed by atoms with Crippen LogP contribution in [0.1, 0.15) is 62.3 Å². The summed E-state index contributed by atoms with van der Waals surface area (Å²) < 4.78 is 0. The van der Waals surface area contributed by atoms with Crippen LogP contribution in [0.25, 0.3) is 0 Å².